The molecular weight excluding hydrogens is 346 g/mol. The Morgan fingerprint density at radius 1 is 1.08 bits per heavy atom. The molecule has 2 heterocycles. The van der Waals surface area contributed by atoms with Crippen molar-refractivity contribution in [2.45, 2.75) is 63.7 Å². The molecule has 2 aliphatic rings. The van der Waals surface area contributed by atoms with Crippen LogP contribution in [0.3, 0.4) is 0 Å². The summed E-state index contributed by atoms with van der Waals surface area (Å²) >= 11 is 1.84. The van der Waals surface area contributed by atoms with Crippen molar-refractivity contribution >= 4 is 17.7 Å². The van der Waals surface area contributed by atoms with Gasteiger partial charge in [-0.1, -0.05) is 51.5 Å². The van der Waals surface area contributed by atoms with E-state index in [2.05, 4.69) is 13.0 Å². The fourth-order valence-electron chi connectivity index (χ4n) is 3.59. The third-order valence-electron chi connectivity index (χ3n) is 5.06. The molecule has 0 N–H and O–H groups in total. The third kappa shape index (κ3) is 5.09. The first-order chi connectivity index (χ1) is 12.8. The maximum atomic E-state index is 12.7. The Balaban J connectivity index is 1.49. The third-order valence-corrected chi connectivity index (χ3v) is 6.32. The van der Waals surface area contributed by atoms with Gasteiger partial charge in [-0.3, -0.25) is 4.79 Å². The number of rotatable bonds is 9. The van der Waals surface area contributed by atoms with E-state index in [4.69, 9.17) is 9.47 Å². The van der Waals surface area contributed by atoms with Crippen LogP contribution in [0.25, 0.3) is 0 Å². The van der Waals surface area contributed by atoms with Crippen LogP contribution in [-0.4, -0.2) is 36.3 Å². The van der Waals surface area contributed by atoms with Crippen LogP contribution in [-0.2, 0) is 4.79 Å². The van der Waals surface area contributed by atoms with Crippen molar-refractivity contribution in [3.8, 4) is 11.5 Å². The molecule has 0 saturated carbocycles. The number of carbonyl (C=O) groups is 1. The predicted octanol–water partition coefficient (Wildman–Crippen LogP) is 5.17. The van der Waals surface area contributed by atoms with Gasteiger partial charge in [0.1, 0.15) is 18.6 Å². The van der Waals surface area contributed by atoms with Crippen molar-refractivity contribution in [3.05, 3.63) is 23.8 Å². The van der Waals surface area contributed by atoms with Crippen LogP contribution in [0.1, 0.15) is 69.2 Å². The number of thioether (sulfide) groups is 1. The van der Waals surface area contributed by atoms with Crippen LogP contribution in [0.5, 0.6) is 11.5 Å². The zero-order valence-electron chi connectivity index (χ0n) is 15.9. The molecule has 1 atom stereocenters. The monoisotopic (exact) mass is 377 g/mol. The van der Waals surface area contributed by atoms with E-state index in [9.17, 15) is 4.79 Å². The molecule has 0 radical (unpaired) electrons. The lowest BCUT2D eigenvalue weighted by atomic mass is 10.1. The minimum absolute atomic E-state index is 0.114. The molecule has 4 nitrogen and oxygen atoms in total. The highest BCUT2D eigenvalue weighted by molar-refractivity contribution is 7.99. The minimum atomic E-state index is 0.114. The first-order valence-corrected chi connectivity index (χ1v) is 11.1. The van der Waals surface area contributed by atoms with Gasteiger partial charge in [0, 0.05) is 18.7 Å². The summed E-state index contributed by atoms with van der Waals surface area (Å²) in [6.07, 6.45) is 9.38. The molecule has 1 unspecified atom stereocenters. The minimum Gasteiger partial charge on any atom is -0.486 e. The molecule has 5 heteroatoms. The van der Waals surface area contributed by atoms with E-state index >= 15 is 0 Å². The van der Waals surface area contributed by atoms with Crippen molar-refractivity contribution in [2.24, 2.45) is 0 Å². The summed E-state index contributed by atoms with van der Waals surface area (Å²) in [6.45, 7) is 4.28. The largest absolute Gasteiger partial charge is 0.486 e. The van der Waals surface area contributed by atoms with Gasteiger partial charge < -0.3 is 14.4 Å². The molecule has 1 aromatic carbocycles. The van der Waals surface area contributed by atoms with Crippen molar-refractivity contribution in [1.82, 2.24) is 4.90 Å². The summed E-state index contributed by atoms with van der Waals surface area (Å²) in [7, 11) is 0. The molecule has 144 valence electrons. The molecule has 1 amide bonds. The number of nitrogens with zero attached hydrogens (tertiary/aromatic N) is 1. The van der Waals surface area contributed by atoms with Gasteiger partial charge in [0.2, 0.25) is 5.91 Å². The average Bonchev–Trinajstić information content (AvgIpc) is 3.16. The summed E-state index contributed by atoms with van der Waals surface area (Å²) in [6, 6.07) is 6.09. The standard InChI is InChI=1S/C21H31NO3S/c1-2-3-4-5-6-7-8-9-20(23)22-12-15-26-21(22)17-10-11-18-19(16-17)25-14-13-24-18/h10-11,16,21H,2-9,12-15H2,1H3. The average molecular weight is 378 g/mol. The Bertz CT molecular complexity index is 593. The molecule has 1 aromatic rings. The molecule has 0 aromatic heterocycles. The molecular formula is C21H31NO3S. The number of carbonyl (C=O) groups excluding carboxylic acids is 1. The van der Waals surface area contributed by atoms with Gasteiger partial charge in [0.25, 0.3) is 0 Å². The van der Waals surface area contributed by atoms with E-state index in [0.29, 0.717) is 25.5 Å². The molecule has 1 saturated heterocycles. The highest BCUT2D eigenvalue weighted by Crippen LogP contribution is 2.42. The smallest absolute Gasteiger partial charge is 0.223 e. The Hall–Kier alpha value is -1.36. The van der Waals surface area contributed by atoms with Gasteiger partial charge >= 0.3 is 0 Å². The molecule has 1 fully saturated rings. The zero-order valence-corrected chi connectivity index (χ0v) is 16.7. The molecule has 3 rings (SSSR count). The van der Waals surface area contributed by atoms with Crippen LogP contribution >= 0.6 is 11.8 Å². The number of benzene rings is 1. The second-order valence-corrected chi connectivity index (χ2v) is 8.27. The number of ether oxygens (including phenoxy) is 2. The predicted molar refractivity (Wildman–Crippen MR) is 107 cm³/mol. The fraction of sp³-hybridized carbons (Fsp3) is 0.667. The highest BCUT2D eigenvalue weighted by atomic mass is 32.2. The van der Waals surface area contributed by atoms with Crippen LogP contribution in [0.4, 0.5) is 0 Å². The summed E-state index contributed by atoms with van der Waals surface area (Å²) in [5.74, 6) is 2.91. The first kappa shape index (κ1) is 19.4. The van der Waals surface area contributed by atoms with E-state index in [0.717, 1.165) is 35.8 Å². The molecule has 26 heavy (non-hydrogen) atoms. The number of hydrogen-bond acceptors (Lipinski definition) is 4. The topological polar surface area (TPSA) is 38.8 Å². The SMILES string of the molecule is CCCCCCCCCC(=O)N1CCSC1c1ccc2c(c1)OCCO2. The Labute approximate surface area is 161 Å². The fourth-order valence-corrected chi connectivity index (χ4v) is 4.86. The van der Waals surface area contributed by atoms with E-state index in [1.807, 2.05) is 28.8 Å². The van der Waals surface area contributed by atoms with Gasteiger partial charge in [-0.05, 0) is 24.1 Å². The Morgan fingerprint density at radius 2 is 1.81 bits per heavy atom. The van der Waals surface area contributed by atoms with Crippen molar-refractivity contribution in [2.75, 3.05) is 25.5 Å². The summed E-state index contributed by atoms with van der Waals surface area (Å²) in [5, 5.41) is 0.114. The van der Waals surface area contributed by atoms with Crippen LogP contribution in [0.15, 0.2) is 18.2 Å². The number of amides is 1. The summed E-state index contributed by atoms with van der Waals surface area (Å²) in [4.78, 5) is 14.8. The maximum absolute atomic E-state index is 12.7. The summed E-state index contributed by atoms with van der Waals surface area (Å²) < 4.78 is 11.3. The normalized spacial score (nSPS) is 19.0. The Kier molecular flexibility index (Phi) is 7.54. The molecule has 0 spiro atoms. The van der Waals surface area contributed by atoms with Gasteiger partial charge in [0.15, 0.2) is 11.5 Å². The lowest BCUT2D eigenvalue weighted by Gasteiger charge is -2.26. The van der Waals surface area contributed by atoms with E-state index in [1.54, 1.807) is 0 Å². The van der Waals surface area contributed by atoms with Gasteiger partial charge in [-0.2, -0.15) is 0 Å². The lowest BCUT2D eigenvalue weighted by Crippen LogP contribution is -2.30. The first-order valence-electron chi connectivity index (χ1n) is 10.1. The van der Waals surface area contributed by atoms with E-state index < -0.39 is 0 Å². The molecule has 0 bridgehead atoms. The Morgan fingerprint density at radius 3 is 2.62 bits per heavy atom. The van der Waals surface area contributed by atoms with E-state index in [1.165, 1.54) is 38.5 Å². The number of unbranched alkanes of at least 4 members (excludes halogenated alkanes) is 6. The quantitative estimate of drug-likeness (QED) is 0.556. The zero-order chi connectivity index (χ0) is 18.2. The van der Waals surface area contributed by atoms with Crippen molar-refractivity contribution in [1.29, 1.82) is 0 Å². The van der Waals surface area contributed by atoms with Crippen molar-refractivity contribution in [3.63, 3.8) is 0 Å². The molecule has 0 aliphatic carbocycles. The van der Waals surface area contributed by atoms with Crippen LogP contribution in [0, 0.1) is 0 Å². The summed E-state index contributed by atoms with van der Waals surface area (Å²) in [5.41, 5.74) is 1.14. The molecule has 2 aliphatic heterocycles. The maximum Gasteiger partial charge on any atom is 0.223 e. The lowest BCUT2D eigenvalue weighted by molar-refractivity contribution is -0.131. The van der Waals surface area contributed by atoms with Gasteiger partial charge in [-0.25, -0.2) is 0 Å². The highest BCUT2D eigenvalue weighted by Gasteiger charge is 2.31. The van der Waals surface area contributed by atoms with Crippen molar-refractivity contribution < 1.29 is 14.3 Å². The second kappa shape index (κ2) is 10.1. The van der Waals surface area contributed by atoms with Crippen LogP contribution < -0.4 is 9.47 Å². The van der Waals surface area contributed by atoms with Crippen LogP contribution in [0.2, 0.25) is 0 Å². The van der Waals surface area contributed by atoms with Gasteiger partial charge in [-0.15, -0.1) is 11.8 Å². The van der Waals surface area contributed by atoms with Gasteiger partial charge in [0.05, 0.1) is 0 Å². The number of fused-ring (bicyclic) bond motifs is 1. The second-order valence-electron chi connectivity index (χ2n) is 7.08. The van der Waals surface area contributed by atoms with E-state index in [-0.39, 0.29) is 5.37 Å². The number of hydrogen-bond donors (Lipinski definition) is 0.